The van der Waals surface area contributed by atoms with Gasteiger partial charge in [0.15, 0.2) is 11.5 Å². The second-order valence-corrected chi connectivity index (χ2v) is 7.11. The highest BCUT2D eigenvalue weighted by atomic mass is 35.5. The Kier molecular flexibility index (Phi) is 5.73. The number of halogens is 2. The van der Waals surface area contributed by atoms with E-state index < -0.39 is 0 Å². The van der Waals surface area contributed by atoms with Crippen LogP contribution in [-0.2, 0) is 0 Å². The van der Waals surface area contributed by atoms with Gasteiger partial charge in [-0.1, -0.05) is 35.9 Å². The number of fused-ring (bicyclic) bond motifs is 1. The topological polar surface area (TPSA) is 53.4 Å². The third-order valence-corrected chi connectivity index (χ3v) is 5.02. The number of rotatable bonds is 5. The number of benzene rings is 3. The second-order valence-electron chi connectivity index (χ2n) is 6.67. The van der Waals surface area contributed by atoms with Crippen LogP contribution in [0.15, 0.2) is 65.5 Å². The number of aromatic nitrogens is 2. The fourth-order valence-electron chi connectivity index (χ4n) is 3.28. The second kappa shape index (κ2) is 8.62. The first kappa shape index (κ1) is 20.6. The Hall–Kier alpha value is -3.64. The highest BCUT2D eigenvalue weighted by Gasteiger charge is 2.15. The summed E-state index contributed by atoms with van der Waals surface area (Å²) in [5.74, 6) is 0.811. The molecule has 4 rings (SSSR count). The molecule has 0 spiro atoms. The van der Waals surface area contributed by atoms with Crippen molar-refractivity contribution < 1.29 is 13.9 Å². The molecule has 4 aromatic rings. The molecule has 5 nitrogen and oxygen atoms in total. The lowest BCUT2D eigenvalue weighted by Gasteiger charge is -2.14. The number of methoxy groups -OCH3 is 2. The van der Waals surface area contributed by atoms with Crippen LogP contribution < -0.4 is 15.0 Å². The molecule has 1 heterocycles. The molecule has 0 atom stereocenters. The molecule has 0 radical (unpaired) electrons. The summed E-state index contributed by atoms with van der Waals surface area (Å²) in [5, 5.41) is 0.821. The molecule has 7 heteroatoms. The van der Waals surface area contributed by atoms with Crippen LogP contribution in [0.2, 0.25) is 5.02 Å². The zero-order valence-corrected chi connectivity index (χ0v) is 17.6. The lowest BCUT2D eigenvalue weighted by molar-refractivity contribution is 0.355. The third-order valence-electron chi connectivity index (χ3n) is 4.78. The normalized spacial score (nSPS) is 11.2. The van der Waals surface area contributed by atoms with Gasteiger partial charge < -0.3 is 9.47 Å². The van der Waals surface area contributed by atoms with Crippen LogP contribution in [0.25, 0.3) is 28.7 Å². The van der Waals surface area contributed by atoms with E-state index in [1.54, 1.807) is 66.7 Å². The Morgan fingerprint density at radius 2 is 1.71 bits per heavy atom. The highest BCUT2D eigenvalue weighted by Crippen LogP contribution is 2.31. The van der Waals surface area contributed by atoms with Gasteiger partial charge in [-0.2, -0.15) is 0 Å². The van der Waals surface area contributed by atoms with Gasteiger partial charge in [-0.3, -0.25) is 9.36 Å². The summed E-state index contributed by atoms with van der Waals surface area (Å²) in [6.07, 6.45) is 3.17. The number of hydrogen-bond donors (Lipinski definition) is 0. The van der Waals surface area contributed by atoms with Gasteiger partial charge in [0.2, 0.25) is 0 Å². The lowest BCUT2D eigenvalue weighted by Crippen LogP contribution is -2.22. The fraction of sp³-hybridized carbons (Fsp3) is 0.0833. The first-order valence-electron chi connectivity index (χ1n) is 9.39. The van der Waals surface area contributed by atoms with Gasteiger partial charge in [0.1, 0.15) is 11.6 Å². The standard InChI is InChI=1S/C24H18ClFN2O3/c1-30-21-13-18-20(14-22(21)31-2)27-23(11-10-15-6-3-4-9-19(15)26)28(24(18)29)17-8-5-7-16(25)12-17/h3-14H,1-2H3/b11-10+. The van der Waals surface area contributed by atoms with E-state index in [2.05, 4.69) is 4.98 Å². The van der Waals surface area contributed by atoms with Crippen molar-refractivity contribution in [2.75, 3.05) is 14.2 Å². The van der Waals surface area contributed by atoms with Crippen LogP contribution in [0.1, 0.15) is 11.4 Å². The van der Waals surface area contributed by atoms with Gasteiger partial charge in [-0.25, -0.2) is 9.37 Å². The fourth-order valence-corrected chi connectivity index (χ4v) is 3.47. The van der Waals surface area contributed by atoms with Crippen LogP contribution in [0, 0.1) is 5.82 Å². The van der Waals surface area contributed by atoms with Crippen LogP contribution in [0.5, 0.6) is 11.5 Å². The van der Waals surface area contributed by atoms with E-state index in [1.165, 1.54) is 24.9 Å². The van der Waals surface area contributed by atoms with Crippen LogP contribution >= 0.6 is 11.6 Å². The van der Waals surface area contributed by atoms with Gasteiger partial charge in [0.05, 0.1) is 30.8 Å². The molecule has 31 heavy (non-hydrogen) atoms. The first-order valence-corrected chi connectivity index (χ1v) is 9.77. The Balaban J connectivity index is 2.01. The van der Waals surface area contributed by atoms with Crippen molar-refractivity contribution in [1.82, 2.24) is 9.55 Å². The van der Waals surface area contributed by atoms with Gasteiger partial charge in [-0.15, -0.1) is 0 Å². The quantitative estimate of drug-likeness (QED) is 0.422. The molecule has 3 aromatic carbocycles. The summed E-state index contributed by atoms with van der Waals surface area (Å²) in [7, 11) is 3.01. The van der Waals surface area contributed by atoms with Crippen molar-refractivity contribution >= 4 is 34.7 Å². The monoisotopic (exact) mass is 436 g/mol. The lowest BCUT2D eigenvalue weighted by atomic mass is 10.1. The van der Waals surface area contributed by atoms with Crippen molar-refractivity contribution in [1.29, 1.82) is 0 Å². The van der Waals surface area contributed by atoms with E-state index in [0.717, 1.165) is 0 Å². The smallest absolute Gasteiger partial charge is 0.266 e. The molecule has 0 saturated heterocycles. The van der Waals surface area contributed by atoms with E-state index in [9.17, 15) is 9.18 Å². The SMILES string of the molecule is COc1cc2nc(/C=C/c3ccccc3F)n(-c3cccc(Cl)c3)c(=O)c2cc1OC. The summed E-state index contributed by atoms with van der Waals surface area (Å²) in [5.41, 5.74) is 1.02. The molecule has 0 unspecified atom stereocenters. The van der Waals surface area contributed by atoms with Crippen LogP contribution in [0.4, 0.5) is 4.39 Å². The highest BCUT2D eigenvalue weighted by molar-refractivity contribution is 6.30. The minimum absolute atomic E-state index is 0.315. The van der Waals surface area contributed by atoms with Crippen molar-refractivity contribution in [2.24, 2.45) is 0 Å². The van der Waals surface area contributed by atoms with Crippen molar-refractivity contribution in [3.05, 3.63) is 93.2 Å². The minimum Gasteiger partial charge on any atom is -0.493 e. The molecule has 0 fully saturated rings. The zero-order chi connectivity index (χ0) is 22.0. The minimum atomic E-state index is -0.373. The Labute approximate surface area is 183 Å². The predicted octanol–water partition coefficient (Wildman–Crippen LogP) is 5.37. The van der Waals surface area contributed by atoms with Gasteiger partial charge >= 0.3 is 0 Å². The van der Waals surface area contributed by atoms with E-state index in [1.807, 2.05) is 0 Å². The third kappa shape index (κ3) is 4.02. The Morgan fingerprint density at radius 3 is 2.42 bits per heavy atom. The molecule has 0 saturated carbocycles. The largest absolute Gasteiger partial charge is 0.493 e. The molecular formula is C24H18ClFN2O3. The molecule has 1 aromatic heterocycles. The predicted molar refractivity (Wildman–Crippen MR) is 121 cm³/mol. The summed E-state index contributed by atoms with van der Waals surface area (Å²) in [6.45, 7) is 0. The molecule has 0 aliphatic carbocycles. The molecule has 0 N–H and O–H groups in total. The van der Waals surface area contributed by atoms with Gasteiger partial charge in [-0.05, 0) is 42.5 Å². The molecule has 156 valence electrons. The molecular weight excluding hydrogens is 419 g/mol. The molecule has 0 aliphatic heterocycles. The summed E-state index contributed by atoms with van der Waals surface area (Å²) < 4.78 is 26.2. The average Bonchev–Trinajstić information content (AvgIpc) is 2.77. The first-order chi connectivity index (χ1) is 15.0. The Morgan fingerprint density at radius 1 is 0.968 bits per heavy atom. The van der Waals surface area contributed by atoms with Crippen molar-refractivity contribution in [3.8, 4) is 17.2 Å². The van der Waals surface area contributed by atoms with E-state index in [4.69, 9.17) is 21.1 Å². The maximum atomic E-state index is 14.1. The molecule has 0 bridgehead atoms. The van der Waals surface area contributed by atoms with Crippen LogP contribution in [-0.4, -0.2) is 23.8 Å². The van der Waals surface area contributed by atoms with E-state index in [0.29, 0.717) is 44.5 Å². The zero-order valence-electron chi connectivity index (χ0n) is 16.8. The van der Waals surface area contributed by atoms with E-state index in [-0.39, 0.29) is 11.4 Å². The Bertz CT molecular complexity index is 1370. The average molecular weight is 437 g/mol. The van der Waals surface area contributed by atoms with Crippen molar-refractivity contribution in [3.63, 3.8) is 0 Å². The molecule has 0 aliphatic rings. The summed E-state index contributed by atoms with van der Waals surface area (Å²) in [4.78, 5) is 18.1. The van der Waals surface area contributed by atoms with Gasteiger partial charge in [0, 0.05) is 16.7 Å². The number of ether oxygens (including phenoxy) is 2. The maximum absolute atomic E-state index is 14.1. The van der Waals surface area contributed by atoms with E-state index >= 15 is 0 Å². The molecule has 0 amide bonds. The van der Waals surface area contributed by atoms with Crippen molar-refractivity contribution in [2.45, 2.75) is 0 Å². The summed E-state index contributed by atoms with van der Waals surface area (Å²) in [6, 6.07) is 16.5. The number of nitrogens with zero attached hydrogens (tertiary/aromatic N) is 2. The van der Waals surface area contributed by atoms with Crippen LogP contribution in [0.3, 0.4) is 0 Å². The van der Waals surface area contributed by atoms with Gasteiger partial charge in [0.25, 0.3) is 5.56 Å². The maximum Gasteiger partial charge on any atom is 0.266 e. The summed E-state index contributed by atoms with van der Waals surface area (Å²) >= 11 is 6.16. The number of hydrogen-bond acceptors (Lipinski definition) is 4.